The molecule has 0 saturated carbocycles. The summed E-state index contributed by atoms with van der Waals surface area (Å²) >= 11 is 0. The van der Waals surface area contributed by atoms with Crippen LogP contribution in [0.2, 0.25) is 0 Å². The molecule has 3 heteroatoms. The van der Waals surface area contributed by atoms with Crippen molar-refractivity contribution < 1.29 is 0 Å². The van der Waals surface area contributed by atoms with Gasteiger partial charge in [-0.05, 0) is 48.3 Å². The second-order valence-corrected chi connectivity index (χ2v) is 5.66. The molecule has 0 unspecified atom stereocenters. The highest BCUT2D eigenvalue weighted by atomic mass is 15.2. The van der Waals surface area contributed by atoms with Gasteiger partial charge in [0.1, 0.15) is 0 Å². The lowest BCUT2D eigenvalue weighted by Gasteiger charge is -2.32. The predicted octanol–water partition coefficient (Wildman–Crippen LogP) is 1.99. The van der Waals surface area contributed by atoms with Crippen LogP contribution >= 0.6 is 0 Å². The first kappa shape index (κ1) is 16.9. The normalized spacial score (nSPS) is 12.7. The smallest absolute Gasteiger partial charge is 0.0113 e. The molecule has 0 aromatic rings. The van der Waals surface area contributed by atoms with Crippen molar-refractivity contribution in [1.29, 1.82) is 0 Å². The van der Waals surface area contributed by atoms with Crippen molar-refractivity contribution in [3.8, 4) is 0 Å². The van der Waals surface area contributed by atoms with Crippen LogP contribution in [-0.4, -0.2) is 73.6 Å². The molecule has 0 saturated heterocycles. The van der Waals surface area contributed by atoms with Crippen LogP contribution in [0.1, 0.15) is 34.6 Å². The van der Waals surface area contributed by atoms with E-state index >= 15 is 0 Å². The SMILES string of the molecule is CCN(CCN(CCN(C)C)C(C)C)C(C)C. The molecule has 0 rings (SSSR count). The Hall–Kier alpha value is -0.120. The van der Waals surface area contributed by atoms with Gasteiger partial charge in [-0.25, -0.2) is 0 Å². The highest BCUT2D eigenvalue weighted by molar-refractivity contribution is 4.68. The summed E-state index contributed by atoms with van der Waals surface area (Å²) < 4.78 is 0. The van der Waals surface area contributed by atoms with Gasteiger partial charge < -0.3 is 4.90 Å². The van der Waals surface area contributed by atoms with Crippen LogP contribution in [-0.2, 0) is 0 Å². The third kappa shape index (κ3) is 7.74. The zero-order chi connectivity index (χ0) is 13.4. The second-order valence-electron chi connectivity index (χ2n) is 5.66. The molecule has 0 N–H and O–H groups in total. The number of rotatable bonds is 9. The maximum absolute atomic E-state index is 2.57. The van der Waals surface area contributed by atoms with Crippen molar-refractivity contribution in [2.24, 2.45) is 0 Å². The summed E-state index contributed by atoms with van der Waals surface area (Å²) in [6.45, 7) is 17.2. The van der Waals surface area contributed by atoms with E-state index in [-0.39, 0.29) is 0 Å². The van der Waals surface area contributed by atoms with Gasteiger partial charge in [0.05, 0.1) is 0 Å². The van der Waals surface area contributed by atoms with Crippen molar-refractivity contribution in [2.75, 3.05) is 46.8 Å². The van der Waals surface area contributed by atoms with E-state index in [1.807, 2.05) is 0 Å². The summed E-state index contributed by atoms with van der Waals surface area (Å²) in [5, 5.41) is 0. The van der Waals surface area contributed by atoms with Gasteiger partial charge in [0, 0.05) is 38.3 Å². The molecule has 0 aliphatic rings. The van der Waals surface area contributed by atoms with Crippen molar-refractivity contribution >= 4 is 0 Å². The summed E-state index contributed by atoms with van der Waals surface area (Å²) in [4.78, 5) is 7.37. The van der Waals surface area contributed by atoms with Gasteiger partial charge in [0.2, 0.25) is 0 Å². The van der Waals surface area contributed by atoms with Crippen LogP contribution < -0.4 is 0 Å². The first-order valence-electron chi connectivity index (χ1n) is 7.01. The Morgan fingerprint density at radius 2 is 1.12 bits per heavy atom. The fraction of sp³-hybridized carbons (Fsp3) is 1.00. The van der Waals surface area contributed by atoms with Crippen LogP contribution in [0.15, 0.2) is 0 Å². The number of hydrogen-bond donors (Lipinski definition) is 0. The van der Waals surface area contributed by atoms with E-state index in [1.165, 1.54) is 19.6 Å². The third-order valence-corrected chi connectivity index (χ3v) is 3.38. The molecule has 0 aromatic carbocycles. The highest BCUT2D eigenvalue weighted by Crippen LogP contribution is 2.02. The monoisotopic (exact) mass is 243 g/mol. The van der Waals surface area contributed by atoms with E-state index < -0.39 is 0 Å². The molecule has 0 atom stereocenters. The summed E-state index contributed by atoms with van der Waals surface area (Å²) in [6, 6.07) is 1.30. The molecular weight excluding hydrogens is 210 g/mol. The Morgan fingerprint density at radius 3 is 1.47 bits per heavy atom. The lowest BCUT2D eigenvalue weighted by atomic mass is 10.2. The van der Waals surface area contributed by atoms with Crippen LogP contribution in [0.4, 0.5) is 0 Å². The predicted molar refractivity (Wildman–Crippen MR) is 77.6 cm³/mol. The fourth-order valence-electron chi connectivity index (χ4n) is 1.99. The van der Waals surface area contributed by atoms with E-state index in [9.17, 15) is 0 Å². The van der Waals surface area contributed by atoms with E-state index in [4.69, 9.17) is 0 Å². The fourth-order valence-corrected chi connectivity index (χ4v) is 1.99. The molecular formula is C14H33N3. The molecule has 0 amide bonds. The van der Waals surface area contributed by atoms with E-state index in [1.54, 1.807) is 0 Å². The summed E-state index contributed by atoms with van der Waals surface area (Å²) in [6.07, 6.45) is 0. The van der Waals surface area contributed by atoms with Crippen molar-refractivity contribution in [3.05, 3.63) is 0 Å². The van der Waals surface area contributed by atoms with Gasteiger partial charge in [-0.2, -0.15) is 0 Å². The van der Waals surface area contributed by atoms with Crippen LogP contribution in [0, 0.1) is 0 Å². The Kier molecular flexibility index (Phi) is 8.83. The second kappa shape index (κ2) is 8.90. The summed E-state index contributed by atoms with van der Waals surface area (Å²) in [5.41, 5.74) is 0. The number of likely N-dealkylation sites (N-methyl/N-ethyl adjacent to an activating group) is 2. The molecule has 0 spiro atoms. The average molecular weight is 243 g/mol. The molecule has 0 heterocycles. The molecule has 0 aliphatic carbocycles. The lowest BCUT2D eigenvalue weighted by molar-refractivity contribution is 0.150. The van der Waals surface area contributed by atoms with E-state index in [2.05, 4.69) is 63.4 Å². The minimum atomic E-state index is 0.640. The lowest BCUT2D eigenvalue weighted by Crippen LogP contribution is -2.43. The maximum atomic E-state index is 2.57. The van der Waals surface area contributed by atoms with Gasteiger partial charge in [-0.15, -0.1) is 0 Å². The van der Waals surface area contributed by atoms with Gasteiger partial charge in [0.25, 0.3) is 0 Å². The molecule has 0 aromatic heterocycles. The standard InChI is InChI=1S/C14H33N3/c1-8-16(13(2)3)11-12-17(14(4)5)10-9-15(6)7/h13-14H,8-12H2,1-7H3. The Balaban J connectivity index is 4.07. The van der Waals surface area contributed by atoms with Crippen LogP contribution in [0.25, 0.3) is 0 Å². The first-order chi connectivity index (χ1) is 7.88. The molecule has 0 fully saturated rings. The number of nitrogens with zero attached hydrogens (tertiary/aromatic N) is 3. The number of hydrogen-bond acceptors (Lipinski definition) is 3. The van der Waals surface area contributed by atoms with Gasteiger partial charge >= 0.3 is 0 Å². The first-order valence-corrected chi connectivity index (χ1v) is 7.01. The largest absolute Gasteiger partial charge is 0.308 e. The zero-order valence-corrected chi connectivity index (χ0v) is 13.0. The van der Waals surface area contributed by atoms with E-state index in [0.29, 0.717) is 12.1 Å². The summed E-state index contributed by atoms with van der Waals surface area (Å²) in [7, 11) is 4.29. The topological polar surface area (TPSA) is 9.72 Å². The van der Waals surface area contributed by atoms with Crippen molar-refractivity contribution in [1.82, 2.24) is 14.7 Å². The maximum Gasteiger partial charge on any atom is 0.0113 e. The van der Waals surface area contributed by atoms with Gasteiger partial charge in [-0.1, -0.05) is 6.92 Å². The van der Waals surface area contributed by atoms with Crippen molar-refractivity contribution in [3.63, 3.8) is 0 Å². The molecule has 3 nitrogen and oxygen atoms in total. The Bertz CT molecular complexity index is 178. The molecule has 17 heavy (non-hydrogen) atoms. The third-order valence-electron chi connectivity index (χ3n) is 3.38. The summed E-state index contributed by atoms with van der Waals surface area (Å²) in [5.74, 6) is 0. The van der Waals surface area contributed by atoms with Crippen LogP contribution in [0.3, 0.4) is 0 Å². The van der Waals surface area contributed by atoms with Gasteiger partial charge in [0.15, 0.2) is 0 Å². The molecule has 0 aliphatic heterocycles. The van der Waals surface area contributed by atoms with Crippen molar-refractivity contribution in [2.45, 2.75) is 46.7 Å². The highest BCUT2D eigenvalue weighted by Gasteiger charge is 2.12. The minimum absolute atomic E-state index is 0.640. The Labute approximate surface area is 109 Å². The van der Waals surface area contributed by atoms with Gasteiger partial charge in [-0.3, -0.25) is 9.80 Å². The Morgan fingerprint density at radius 1 is 0.706 bits per heavy atom. The average Bonchev–Trinajstić information content (AvgIpc) is 2.21. The zero-order valence-electron chi connectivity index (χ0n) is 13.0. The molecule has 0 radical (unpaired) electrons. The molecule has 0 bridgehead atoms. The quantitative estimate of drug-likeness (QED) is 0.613. The van der Waals surface area contributed by atoms with E-state index in [0.717, 1.165) is 13.1 Å². The minimum Gasteiger partial charge on any atom is -0.308 e. The van der Waals surface area contributed by atoms with Crippen LogP contribution in [0.5, 0.6) is 0 Å². The molecule has 104 valence electrons.